The highest BCUT2D eigenvalue weighted by Crippen LogP contribution is 2.28. The first-order valence-electron chi connectivity index (χ1n) is 15.9. The normalized spacial score (nSPS) is 16.2. The zero-order valence-corrected chi connectivity index (χ0v) is 28.0. The second-order valence-corrected chi connectivity index (χ2v) is 13.5. The SMILES string of the molecule is CC(C)C[C@H](NC(=O)[C@@H](NC(=O)OCc1ccccc1)C(C)C)C(=O)N[C@@H](C[C@@H]1CCNC1=O)C(=O)c1ncc(-c2ccccc2)s1. The molecule has 1 fully saturated rings. The first-order chi connectivity index (χ1) is 22.5. The number of nitrogens with zero attached hydrogens (tertiary/aromatic N) is 1. The second kappa shape index (κ2) is 16.8. The lowest BCUT2D eigenvalue weighted by Gasteiger charge is -2.27. The van der Waals surface area contributed by atoms with Crippen molar-refractivity contribution in [3.05, 3.63) is 77.4 Å². The molecule has 4 N–H and O–H groups in total. The fourth-order valence-electron chi connectivity index (χ4n) is 5.32. The van der Waals surface area contributed by atoms with E-state index in [-0.39, 0.29) is 42.2 Å². The molecular weight excluding hydrogens is 618 g/mol. The molecule has 0 spiro atoms. The van der Waals surface area contributed by atoms with Crippen molar-refractivity contribution < 1.29 is 28.7 Å². The van der Waals surface area contributed by atoms with E-state index >= 15 is 0 Å². The lowest BCUT2D eigenvalue weighted by Crippen LogP contribution is -2.57. The van der Waals surface area contributed by atoms with Crippen LogP contribution >= 0.6 is 11.3 Å². The Bertz CT molecular complexity index is 1530. The predicted molar refractivity (Wildman–Crippen MR) is 179 cm³/mol. The number of thiazole rings is 1. The van der Waals surface area contributed by atoms with Crippen molar-refractivity contribution in [1.29, 1.82) is 0 Å². The Kier molecular flexibility index (Phi) is 12.6. The number of aromatic nitrogens is 1. The van der Waals surface area contributed by atoms with Crippen LogP contribution < -0.4 is 21.3 Å². The van der Waals surface area contributed by atoms with Crippen LogP contribution in [0.2, 0.25) is 0 Å². The molecule has 4 atom stereocenters. The molecule has 3 aromatic rings. The van der Waals surface area contributed by atoms with E-state index < -0.39 is 47.7 Å². The summed E-state index contributed by atoms with van der Waals surface area (Å²) < 4.78 is 5.31. The minimum absolute atomic E-state index is 0.00880. The van der Waals surface area contributed by atoms with Gasteiger partial charge in [0.15, 0.2) is 5.01 Å². The highest BCUT2D eigenvalue weighted by Gasteiger charge is 2.36. The molecule has 1 aliphatic heterocycles. The van der Waals surface area contributed by atoms with Gasteiger partial charge in [-0.05, 0) is 42.2 Å². The molecule has 4 amide bonds. The maximum atomic E-state index is 13.8. The fraction of sp³-hybridized carbons (Fsp3) is 0.429. The maximum Gasteiger partial charge on any atom is 0.408 e. The molecule has 0 bridgehead atoms. The number of Topliss-reactive ketones (excluding diaryl/α,β-unsaturated/α-hetero) is 1. The van der Waals surface area contributed by atoms with Crippen LogP contribution in [0.1, 0.15) is 62.3 Å². The predicted octanol–water partition coefficient (Wildman–Crippen LogP) is 4.49. The number of carbonyl (C=O) groups is 5. The highest BCUT2D eigenvalue weighted by atomic mass is 32.1. The van der Waals surface area contributed by atoms with Gasteiger partial charge in [0.1, 0.15) is 18.7 Å². The van der Waals surface area contributed by atoms with Gasteiger partial charge in [-0.1, -0.05) is 88.4 Å². The van der Waals surface area contributed by atoms with Gasteiger partial charge in [0.25, 0.3) is 0 Å². The van der Waals surface area contributed by atoms with E-state index in [2.05, 4.69) is 26.3 Å². The van der Waals surface area contributed by atoms with Crippen molar-refractivity contribution in [1.82, 2.24) is 26.3 Å². The Labute approximate surface area is 279 Å². The van der Waals surface area contributed by atoms with Crippen LogP contribution in [0.5, 0.6) is 0 Å². The van der Waals surface area contributed by atoms with E-state index in [4.69, 9.17) is 4.74 Å². The first-order valence-corrected chi connectivity index (χ1v) is 16.7. The summed E-state index contributed by atoms with van der Waals surface area (Å²) in [7, 11) is 0. The molecule has 0 aliphatic carbocycles. The van der Waals surface area contributed by atoms with Crippen LogP contribution in [0.4, 0.5) is 4.79 Å². The molecular formula is C35H43N5O6S. The van der Waals surface area contributed by atoms with Gasteiger partial charge in [0.2, 0.25) is 23.5 Å². The van der Waals surface area contributed by atoms with E-state index in [0.29, 0.717) is 13.0 Å². The summed E-state index contributed by atoms with van der Waals surface area (Å²) in [4.78, 5) is 71.4. The Morgan fingerprint density at radius 2 is 1.57 bits per heavy atom. The molecule has 2 heterocycles. The quantitative estimate of drug-likeness (QED) is 0.175. The third kappa shape index (κ3) is 10.2. The van der Waals surface area contributed by atoms with Crippen LogP contribution in [0.3, 0.4) is 0 Å². The summed E-state index contributed by atoms with van der Waals surface area (Å²) in [6.07, 6.45) is 1.79. The summed E-state index contributed by atoms with van der Waals surface area (Å²) in [5.41, 5.74) is 1.71. The van der Waals surface area contributed by atoms with Gasteiger partial charge in [-0.3, -0.25) is 19.2 Å². The van der Waals surface area contributed by atoms with Gasteiger partial charge >= 0.3 is 6.09 Å². The molecule has 250 valence electrons. The Morgan fingerprint density at radius 1 is 0.915 bits per heavy atom. The maximum absolute atomic E-state index is 13.8. The molecule has 2 aromatic carbocycles. The van der Waals surface area contributed by atoms with Crippen molar-refractivity contribution in [2.24, 2.45) is 17.8 Å². The highest BCUT2D eigenvalue weighted by molar-refractivity contribution is 7.17. The van der Waals surface area contributed by atoms with Crippen LogP contribution in [-0.4, -0.2) is 59.3 Å². The Balaban J connectivity index is 1.48. The van der Waals surface area contributed by atoms with E-state index in [1.165, 1.54) is 11.3 Å². The minimum atomic E-state index is -1.04. The summed E-state index contributed by atoms with van der Waals surface area (Å²) >= 11 is 1.22. The van der Waals surface area contributed by atoms with Crippen molar-refractivity contribution in [3.63, 3.8) is 0 Å². The average molecular weight is 662 g/mol. The number of carbonyl (C=O) groups excluding carboxylic acids is 5. The van der Waals surface area contributed by atoms with E-state index in [1.807, 2.05) is 74.5 Å². The number of hydrogen-bond acceptors (Lipinski definition) is 8. The average Bonchev–Trinajstić information content (AvgIpc) is 3.71. The van der Waals surface area contributed by atoms with Crippen molar-refractivity contribution >= 4 is 40.9 Å². The van der Waals surface area contributed by atoms with E-state index in [0.717, 1.165) is 16.0 Å². The molecule has 1 aliphatic rings. The van der Waals surface area contributed by atoms with Gasteiger partial charge in [-0.2, -0.15) is 0 Å². The molecule has 0 saturated carbocycles. The van der Waals surface area contributed by atoms with Gasteiger partial charge in [-0.25, -0.2) is 9.78 Å². The topological polar surface area (TPSA) is 156 Å². The summed E-state index contributed by atoms with van der Waals surface area (Å²) in [6.45, 7) is 7.92. The number of ketones is 1. The number of ether oxygens (including phenoxy) is 1. The van der Waals surface area contributed by atoms with Crippen LogP contribution in [-0.2, 0) is 25.7 Å². The molecule has 47 heavy (non-hydrogen) atoms. The van der Waals surface area contributed by atoms with Gasteiger partial charge < -0.3 is 26.0 Å². The molecule has 4 rings (SSSR count). The molecule has 1 saturated heterocycles. The van der Waals surface area contributed by atoms with Gasteiger partial charge in [0.05, 0.1) is 10.9 Å². The number of rotatable bonds is 15. The zero-order valence-electron chi connectivity index (χ0n) is 27.2. The van der Waals surface area contributed by atoms with E-state index in [1.54, 1.807) is 20.0 Å². The van der Waals surface area contributed by atoms with Crippen molar-refractivity contribution in [2.45, 2.75) is 71.7 Å². The fourth-order valence-corrected chi connectivity index (χ4v) is 6.24. The Hall–Kier alpha value is -4.58. The van der Waals surface area contributed by atoms with Crippen molar-refractivity contribution in [3.8, 4) is 10.4 Å². The Morgan fingerprint density at radius 3 is 2.19 bits per heavy atom. The summed E-state index contributed by atoms with van der Waals surface area (Å²) in [5.74, 6) is -2.44. The van der Waals surface area contributed by atoms with Crippen LogP contribution in [0.25, 0.3) is 10.4 Å². The molecule has 0 radical (unpaired) electrons. The number of alkyl carbamates (subject to hydrolysis) is 1. The monoisotopic (exact) mass is 661 g/mol. The molecule has 0 unspecified atom stereocenters. The zero-order chi connectivity index (χ0) is 33.9. The summed E-state index contributed by atoms with van der Waals surface area (Å²) in [6, 6.07) is 15.7. The molecule has 1 aromatic heterocycles. The minimum Gasteiger partial charge on any atom is -0.445 e. The van der Waals surface area contributed by atoms with Crippen LogP contribution in [0, 0.1) is 17.8 Å². The lowest BCUT2D eigenvalue weighted by molar-refractivity contribution is -0.131. The second-order valence-electron chi connectivity index (χ2n) is 12.5. The number of benzene rings is 2. The smallest absolute Gasteiger partial charge is 0.408 e. The number of hydrogen-bond donors (Lipinski definition) is 4. The third-order valence-electron chi connectivity index (χ3n) is 7.87. The number of amides is 4. The van der Waals surface area contributed by atoms with Crippen molar-refractivity contribution in [2.75, 3.05) is 6.54 Å². The van der Waals surface area contributed by atoms with Gasteiger partial charge in [-0.15, -0.1) is 11.3 Å². The number of nitrogens with one attached hydrogen (secondary N) is 4. The third-order valence-corrected chi connectivity index (χ3v) is 8.93. The molecule has 11 nitrogen and oxygen atoms in total. The van der Waals surface area contributed by atoms with Crippen LogP contribution in [0.15, 0.2) is 66.9 Å². The summed E-state index contributed by atoms with van der Waals surface area (Å²) in [5, 5.41) is 11.3. The van der Waals surface area contributed by atoms with Gasteiger partial charge in [0, 0.05) is 18.7 Å². The standard InChI is InChI=1S/C35H43N5O6S/c1-21(2)17-27(39-33(44)29(22(3)4)40-35(45)46-20-23-11-7-5-8-12-23)32(43)38-26(18-25-15-16-36-31(25)42)30(41)34-37-19-28(47-34)24-13-9-6-10-14-24/h5-14,19,21-22,25-27,29H,15-18,20H2,1-4H3,(H,36,42)(H,38,43)(H,39,44)(H,40,45)/t25-,26-,27-,29-/m0/s1. The largest absolute Gasteiger partial charge is 0.445 e. The lowest BCUT2D eigenvalue weighted by atomic mass is 9.95. The first kappa shape index (κ1) is 35.3. The molecule has 12 heteroatoms. The van der Waals surface area contributed by atoms with E-state index in [9.17, 15) is 24.0 Å².